The molecule has 1 amide bonds. The van der Waals surface area contributed by atoms with Crippen LogP contribution in [0.4, 0.5) is 0 Å². The van der Waals surface area contributed by atoms with E-state index < -0.39 is 0 Å². The molecule has 0 bridgehead atoms. The predicted octanol–water partition coefficient (Wildman–Crippen LogP) is 2.63. The highest BCUT2D eigenvalue weighted by atomic mass is 16.1. The van der Waals surface area contributed by atoms with E-state index in [-0.39, 0.29) is 11.9 Å². The minimum absolute atomic E-state index is 0.0455. The molecule has 3 nitrogen and oxygen atoms in total. The van der Waals surface area contributed by atoms with Crippen molar-refractivity contribution in [2.24, 2.45) is 5.73 Å². The normalized spacial score (nSPS) is 12.3. The van der Waals surface area contributed by atoms with E-state index in [0.29, 0.717) is 13.0 Å². The van der Waals surface area contributed by atoms with Crippen LogP contribution in [0.15, 0.2) is 42.5 Å². The first-order chi connectivity index (χ1) is 9.72. The monoisotopic (exact) mass is 270 g/mol. The van der Waals surface area contributed by atoms with E-state index in [1.54, 1.807) is 0 Å². The molecular weight excluding hydrogens is 248 g/mol. The van der Waals surface area contributed by atoms with Gasteiger partial charge in [0, 0.05) is 12.6 Å². The second-order valence-corrected chi connectivity index (χ2v) is 5.15. The van der Waals surface area contributed by atoms with Gasteiger partial charge >= 0.3 is 0 Å². The lowest BCUT2D eigenvalue weighted by Crippen LogP contribution is -2.40. The standard InChI is InChI=1S/C17H22N2O/c1-2-5-16(12-18)19-17(20)11-13-8-9-14-6-3-4-7-15(14)10-13/h3-4,6-10,16H,2,5,11-12,18H2,1H3,(H,19,20). The molecule has 0 radical (unpaired) electrons. The van der Waals surface area contributed by atoms with Crippen molar-refractivity contribution in [2.45, 2.75) is 32.2 Å². The maximum atomic E-state index is 12.0. The van der Waals surface area contributed by atoms with Crippen molar-refractivity contribution in [3.63, 3.8) is 0 Å². The highest BCUT2D eigenvalue weighted by Gasteiger charge is 2.10. The Morgan fingerprint density at radius 1 is 1.20 bits per heavy atom. The molecule has 0 fully saturated rings. The zero-order valence-corrected chi connectivity index (χ0v) is 11.9. The Balaban J connectivity index is 2.02. The lowest BCUT2D eigenvalue weighted by molar-refractivity contribution is -0.121. The molecule has 0 aliphatic rings. The van der Waals surface area contributed by atoms with Gasteiger partial charge in [0.15, 0.2) is 0 Å². The van der Waals surface area contributed by atoms with Gasteiger partial charge < -0.3 is 11.1 Å². The first-order valence-electron chi connectivity index (χ1n) is 7.20. The number of amides is 1. The number of carbonyl (C=O) groups is 1. The quantitative estimate of drug-likeness (QED) is 0.847. The van der Waals surface area contributed by atoms with Crippen molar-refractivity contribution in [1.29, 1.82) is 0 Å². The van der Waals surface area contributed by atoms with Crippen molar-refractivity contribution in [3.05, 3.63) is 48.0 Å². The molecule has 2 aromatic rings. The van der Waals surface area contributed by atoms with E-state index in [0.717, 1.165) is 18.4 Å². The average Bonchev–Trinajstić information content (AvgIpc) is 2.46. The number of fused-ring (bicyclic) bond motifs is 1. The third-order valence-corrected chi connectivity index (χ3v) is 3.47. The Morgan fingerprint density at radius 3 is 2.65 bits per heavy atom. The van der Waals surface area contributed by atoms with Gasteiger partial charge in [-0.3, -0.25) is 4.79 Å². The van der Waals surface area contributed by atoms with Crippen LogP contribution in [-0.2, 0) is 11.2 Å². The number of hydrogen-bond acceptors (Lipinski definition) is 2. The summed E-state index contributed by atoms with van der Waals surface area (Å²) in [6, 6.07) is 14.4. The zero-order chi connectivity index (χ0) is 14.4. The minimum atomic E-state index is 0.0455. The summed E-state index contributed by atoms with van der Waals surface area (Å²) in [7, 11) is 0. The summed E-state index contributed by atoms with van der Waals surface area (Å²) < 4.78 is 0. The molecule has 3 N–H and O–H groups in total. The summed E-state index contributed by atoms with van der Waals surface area (Å²) in [4.78, 5) is 12.0. The van der Waals surface area contributed by atoms with Gasteiger partial charge in [-0.05, 0) is 22.8 Å². The van der Waals surface area contributed by atoms with Crippen LogP contribution in [0.25, 0.3) is 10.8 Å². The minimum Gasteiger partial charge on any atom is -0.352 e. The van der Waals surface area contributed by atoms with Gasteiger partial charge in [-0.15, -0.1) is 0 Å². The Morgan fingerprint density at radius 2 is 1.95 bits per heavy atom. The molecule has 1 atom stereocenters. The topological polar surface area (TPSA) is 55.1 Å². The molecule has 0 spiro atoms. The average molecular weight is 270 g/mol. The SMILES string of the molecule is CCCC(CN)NC(=O)Cc1ccc2ccccc2c1. The van der Waals surface area contributed by atoms with Crippen molar-refractivity contribution >= 4 is 16.7 Å². The number of nitrogens with two attached hydrogens (primary N) is 1. The van der Waals surface area contributed by atoms with Gasteiger partial charge in [0.1, 0.15) is 0 Å². The molecule has 3 heteroatoms. The van der Waals surface area contributed by atoms with Gasteiger partial charge in [0.25, 0.3) is 0 Å². The number of nitrogens with one attached hydrogen (secondary N) is 1. The van der Waals surface area contributed by atoms with Gasteiger partial charge in [-0.2, -0.15) is 0 Å². The van der Waals surface area contributed by atoms with Gasteiger partial charge in [-0.1, -0.05) is 55.8 Å². The van der Waals surface area contributed by atoms with Crippen molar-refractivity contribution < 1.29 is 4.79 Å². The van der Waals surface area contributed by atoms with Crippen LogP contribution in [0.1, 0.15) is 25.3 Å². The first kappa shape index (κ1) is 14.5. The van der Waals surface area contributed by atoms with E-state index in [1.807, 2.05) is 18.2 Å². The van der Waals surface area contributed by atoms with E-state index >= 15 is 0 Å². The molecule has 106 valence electrons. The van der Waals surface area contributed by atoms with Gasteiger partial charge in [0.05, 0.1) is 6.42 Å². The Labute approximate surface area is 120 Å². The fourth-order valence-electron chi connectivity index (χ4n) is 2.41. The molecule has 0 saturated carbocycles. The summed E-state index contributed by atoms with van der Waals surface area (Å²) in [6.07, 6.45) is 2.36. The van der Waals surface area contributed by atoms with Gasteiger partial charge in [-0.25, -0.2) is 0 Å². The Kier molecular flexibility index (Phi) is 5.13. The number of hydrogen-bond donors (Lipinski definition) is 2. The molecule has 0 aliphatic carbocycles. The molecule has 0 aliphatic heterocycles. The van der Waals surface area contributed by atoms with Crippen LogP contribution in [0.3, 0.4) is 0 Å². The van der Waals surface area contributed by atoms with Crippen LogP contribution >= 0.6 is 0 Å². The molecular formula is C17H22N2O. The van der Waals surface area contributed by atoms with E-state index in [1.165, 1.54) is 10.8 Å². The highest BCUT2D eigenvalue weighted by Crippen LogP contribution is 2.16. The maximum Gasteiger partial charge on any atom is 0.224 e. The summed E-state index contributed by atoms with van der Waals surface area (Å²) in [6.45, 7) is 2.59. The number of benzene rings is 2. The zero-order valence-electron chi connectivity index (χ0n) is 11.9. The van der Waals surface area contributed by atoms with E-state index in [2.05, 4.69) is 36.5 Å². The van der Waals surface area contributed by atoms with Crippen LogP contribution in [0, 0.1) is 0 Å². The third kappa shape index (κ3) is 3.81. The summed E-state index contributed by atoms with van der Waals surface area (Å²) in [5, 5.41) is 5.37. The lowest BCUT2D eigenvalue weighted by Gasteiger charge is -2.16. The lowest BCUT2D eigenvalue weighted by atomic mass is 10.0. The second kappa shape index (κ2) is 7.06. The molecule has 0 aromatic heterocycles. The predicted molar refractivity (Wildman–Crippen MR) is 83.5 cm³/mol. The number of rotatable bonds is 6. The highest BCUT2D eigenvalue weighted by molar-refractivity contribution is 5.85. The molecule has 1 unspecified atom stereocenters. The fraction of sp³-hybridized carbons (Fsp3) is 0.353. The fourth-order valence-corrected chi connectivity index (χ4v) is 2.41. The van der Waals surface area contributed by atoms with Gasteiger partial charge in [0.2, 0.25) is 5.91 Å². The molecule has 2 aromatic carbocycles. The Bertz CT molecular complexity index is 580. The maximum absolute atomic E-state index is 12.0. The van der Waals surface area contributed by atoms with Crippen molar-refractivity contribution in [2.75, 3.05) is 6.54 Å². The van der Waals surface area contributed by atoms with Crippen molar-refractivity contribution in [3.8, 4) is 0 Å². The van der Waals surface area contributed by atoms with Crippen molar-refractivity contribution in [1.82, 2.24) is 5.32 Å². The molecule has 2 rings (SSSR count). The van der Waals surface area contributed by atoms with E-state index in [9.17, 15) is 4.79 Å². The van der Waals surface area contributed by atoms with Crippen LogP contribution < -0.4 is 11.1 Å². The second-order valence-electron chi connectivity index (χ2n) is 5.15. The summed E-state index contributed by atoms with van der Waals surface area (Å²) in [5.74, 6) is 0.0455. The van der Waals surface area contributed by atoms with E-state index in [4.69, 9.17) is 5.73 Å². The molecule has 0 heterocycles. The van der Waals surface area contributed by atoms with Crippen LogP contribution in [0.2, 0.25) is 0 Å². The summed E-state index contributed by atoms with van der Waals surface area (Å²) >= 11 is 0. The summed E-state index contributed by atoms with van der Waals surface area (Å²) in [5.41, 5.74) is 6.70. The largest absolute Gasteiger partial charge is 0.352 e. The van der Waals surface area contributed by atoms with Crippen LogP contribution in [-0.4, -0.2) is 18.5 Å². The first-order valence-corrected chi connectivity index (χ1v) is 7.20. The molecule has 0 saturated heterocycles. The number of carbonyl (C=O) groups excluding carboxylic acids is 1. The molecule has 20 heavy (non-hydrogen) atoms. The smallest absolute Gasteiger partial charge is 0.224 e. The Hall–Kier alpha value is -1.87. The van der Waals surface area contributed by atoms with Crippen LogP contribution in [0.5, 0.6) is 0 Å². The third-order valence-electron chi connectivity index (χ3n) is 3.47.